The zero-order valence-corrected chi connectivity index (χ0v) is 15.2. The van der Waals surface area contributed by atoms with Crippen molar-refractivity contribution in [2.24, 2.45) is 0 Å². The summed E-state index contributed by atoms with van der Waals surface area (Å²) in [6.45, 7) is 1.79. The molecule has 134 valence electrons. The number of aryl methyl sites for hydroxylation is 2. The quantitative estimate of drug-likeness (QED) is 0.880. The van der Waals surface area contributed by atoms with Gasteiger partial charge in [0.2, 0.25) is 10.0 Å². The van der Waals surface area contributed by atoms with Crippen LogP contribution in [-0.2, 0) is 22.9 Å². The molecule has 25 heavy (non-hydrogen) atoms. The van der Waals surface area contributed by atoms with Gasteiger partial charge >= 0.3 is 0 Å². The maximum atomic E-state index is 13.5. The second-order valence-corrected chi connectivity index (χ2v) is 8.06. The molecule has 0 bridgehead atoms. The number of benzene rings is 2. The fraction of sp³-hybridized carbons (Fsp3) is 0.368. The van der Waals surface area contributed by atoms with Crippen molar-refractivity contribution < 1.29 is 17.5 Å². The molecule has 1 aliphatic rings. The van der Waals surface area contributed by atoms with Crippen molar-refractivity contribution in [1.29, 1.82) is 0 Å². The number of sulfonamides is 1. The summed E-state index contributed by atoms with van der Waals surface area (Å²) in [5.74, 6) is -0.505. The van der Waals surface area contributed by atoms with E-state index in [4.69, 9.17) is 4.74 Å². The average Bonchev–Trinajstić information content (AvgIpc) is 2.61. The summed E-state index contributed by atoms with van der Waals surface area (Å²) in [6, 6.07) is 9.14. The van der Waals surface area contributed by atoms with E-state index >= 15 is 0 Å². The van der Waals surface area contributed by atoms with Crippen molar-refractivity contribution in [1.82, 2.24) is 4.72 Å². The van der Waals surface area contributed by atoms with Crippen molar-refractivity contribution >= 4 is 10.0 Å². The van der Waals surface area contributed by atoms with E-state index in [9.17, 15) is 12.8 Å². The van der Waals surface area contributed by atoms with Gasteiger partial charge in [0, 0.05) is 6.04 Å². The van der Waals surface area contributed by atoms with Gasteiger partial charge in [-0.05, 0) is 67.5 Å². The number of hydrogen-bond donors (Lipinski definition) is 1. The Bertz CT molecular complexity index is 880. The van der Waals surface area contributed by atoms with Gasteiger partial charge in [-0.25, -0.2) is 17.5 Å². The minimum atomic E-state index is -3.91. The summed E-state index contributed by atoms with van der Waals surface area (Å²) in [5, 5.41) is 0. The van der Waals surface area contributed by atoms with E-state index in [1.165, 1.54) is 36.8 Å². The second kappa shape index (κ2) is 7.14. The molecule has 0 amide bonds. The molecule has 4 nitrogen and oxygen atoms in total. The summed E-state index contributed by atoms with van der Waals surface area (Å²) < 4.78 is 46.6. The molecule has 0 heterocycles. The number of fused-ring (bicyclic) bond motifs is 1. The van der Waals surface area contributed by atoms with Gasteiger partial charge in [-0.1, -0.05) is 18.2 Å². The smallest absolute Gasteiger partial charge is 0.244 e. The van der Waals surface area contributed by atoms with Crippen LogP contribution in [0.4, 0.5) is 4.39 Å². The van der Waals surface area contributed by atoms with Gasteiger partial charge in [0.25, 0.3) is 0 Å². The highest BCUT2D eigenvalue weighted by atomic mass is 32.2. The lowest BCUT2D eigenvalue weighted by Crippen LogP contribution is -2.27. The van der Waals surface area contributed by atoms with Crippen molar-refractivity contribution in [3.8, 4) is 5.75 Å². The van der Waals surface area contributed by atoms with E-state index in [1.54, 1.807) is 6.92 Å². The SMILES string of the molecule is COc1ccc(F)cc1S(=O)(=O)N[C@H](C)c1ccc2c(c1)CCCC2. The van der Waals surface area contributed by atoms with E-state index in [0.717, 1.165) is 30.9 Å². The zero-order chi connectivity index (χ0) is 18.0. The van der Waals surface area contributed by atoms with E-state index < -0.39 is 21.9 Å². The summed E-state index contributed by atoms with van der Waals surface area (Å²) >= 11 is 0. The van der Waals surface area contributed by atoms with Gasteiger partial charge in [0.05, 0.1) is 7.11 Å². The number of halogens is 1. The first kappa shape index (κ1) is 17.9. The zero-order valence-electron chi connectivity index (χ0n) is 14.4. The van der Waals surface area contributed by atoms with Crippen LogP contribution < -0.4 is 9.46 Å². The second-order valence-electron chi connectivity index (χ2n) is 6.37. The molecule has 2 aromatic carbocycles. The largest absolute Gasteiger partial charge is 0.495 e. The average molecular weight is 363 g/mol. The minimum absolute atomic E-state index is 0.117. The monoisotopic (exact) mass is 363 g/mol. The summed E-state index contributed by atoms with van der Waals surface area (Å²) in [4.78, 5) is -0.195. The first-order valence-corrected chi connectivity index (χ1v) is 9.86. The molecule has 0 unspecified atom stereocenters. The lowest BCUT2D eigenvalue weighted by Gasteiger charge is -2.20. The van der Waals surface area contributed by atoms with E-state index in [1.807, 2.05) is 6.07 Å². The van der Waals surface area contributed by atoms with Gasteiger partial charge in [-0.3, -0.25) is 0 Å². The van der Waals surface area contributed by atoms with Crippen LogP contribution >= 0.6 is 0 Å². The molecule has 2 aromatic rings. The minimum Gasteiger partial charge on any atom is -0.495 e. The Morgan fingerprint density at radius 1 is 1.08 bits per heavy atom. The Labute approximate surface area is 148 Å². The third-order valence-corrected chi connectivity index (χ3v) is 6.18. The number of nitrogens with one attached hydrogen (secondary N) is 1. The molecule has 6 heteroatoms. The molecule has 1 N–H and O–H groups in total. The van der Waals surface area contributed by atoms with Crippen molar-refractivity contribution in [3.05, 3.63) is 58.9 Å². The lowest BCUT2D eigenvalue weighted by molar-refractivity contribution is 0.400. The van der Waals surface area contributed by atoms with Gasteiger partial charge in [-0.15, -0.1) is 0 Å². The van der Waals surface area contributed by atoms with Gasteiger partial charge in [-0.2, -0.15) is 0 Å². The summed E-state index contributed by atoms with van der Waals surface area (Å²) in [7, 11) is -2.55. The van der Waals surface area contributed by atoms with Crippen LogP contribution in [0.25, 0.3) is 0 Å². The highest BCUT2D eigenvalue weighted by molar-refractivity contribution is 7.89. The Hall–Kier alpha value is -1.92. The third kappa shape index (κ3) is 3.85. The highest BCUT2D eigenvalue weighted by Crippen LogP contribution is 2.28. The van der Waals surface area contributed by atoms with Gasteiger partial charge < -0.3 is 4.74 Å². The molecule has 1 aliphatic carbocycles. The number of methoxy groups -OCH3 is 1. The lowest BCUT2D eigenvalue weighted by atomic mass is 9.89. The van der Waals surface area contributed by atoms with Gasteiger partial charge in [0.1, 0.15) is 16.5 Å². The standard InChI is InChI=1S/C19H22FNO3S/c1-13(15-8-7-14-5-3-4-6-16(14)11-15)21-25(22,23)19-12-17(20)9-10-18(19)24-2/h7-13,21H,3-6H2,1-2H3/t13-/m1/s1. The molecule has 0 radical (unpaired) electrons. The molecule has 3 rings (SSSR count). The van der Waals surface area contributed by atoms with E-state index in [0.29, 0.717) is 0 Å². The molecule has 0 saturated carbocycles. The first-order chi connectivity index (χ1) is 11.9. The Morgan fingerprint density at radius 2 is 1.80 bits per heavy atom. The number of hydrogen-bond acceptors (Lipinski definition) is 3. The van der Waals surface area contributed by atoms with Crippen molar-refractivity contribution in [3.63, 3.8) is 0 Å². The summed E-state index contributed by atoms with van der Waals surface area (Å²) in [5.41, 5.74) is 3.54. The predicted molar refractivity (Wildman–Crippen MR) is 94.8 cm³/mol. The molecule has 1 atom stereocenters. The van der Waals surface area contributed by atoms with Crippen LogP contribution in [0.5, 0.6) is 5.75 Å². The van der Waals surface area contributed by atoms with Crippen LogP contribution in [0.1, 0.15) is 42.5 Å². The molecular formula is C19H22FNO3S. The molecule has 0 spiro atoms. The Balaban J connectivity index is 1.87. The molecule has 0 aliphatic heterocycles. The molecule has 0 aromatic heterocycles. The van der Waals surface area contributed by atoms with Crippen LogP contribution in [0, 0.1) is 5.82 Å². The third-order valence-electron chi connectivity index (χ3n) is 4.62. The molecule has 0 fully saturated rings. The topological polar surface area (TPSA) is 55.4 Å². The van der Waals surface area contributed by atoms with Crippen molar-refractivity contribution in [2.75, 3.05) is 7.11 Å². The van der Waals surface area contributed by atoms with E-state index in [2.05, 4.69) is 16.9 Å². The predicted octanol–water partition coefficient (Wildman–Crippen LogP) is 3.75. The Morgan fingerprint density at radius 3 is 2.52 bits per heavy atom. The maximum absolute atomic E-state index is 13.5. The fourth-order valence-electron chi connectivity index (χ4n) is 3.25. The fourth-order valence-corrected chi connectivity index (χ4v) is 4.66. The Kier molecular flexibility index (Phi) is 5.11. The normalized spacial score (nSPS) is 15.5. The number of ether oxygens (including phenoxy) is 1. The first-order valence-electron chi connectivity index (χ1n) is 8.38. The van der Waals surface area contributed by atoms with Crippen molar-refractivity contribution in [2.45, 2.75) is 43.5 Å². The van der Waals surface area contributed by atoms with E-state index in [-0.39, 0.29) is 10.6 Å². The van der Waals surface area contributed by atoms with Gasteiger partial charge in [0.15, 0.2) is 0 Å². The number of rotatable bonds is 5. The maximum Gasteiger partial charge on any atom is 0.244 e. The van der Waals surface area contributed by atoms with Crippen LogP contribution in [0.2, 0.25) is 0 Å². The molecular weight excluding hydrogens is 341 g/mol. The van der Waals surface area contributed by atoms with Crippen LogP contribution in [-0.4, -0.2) is 15.5 Å². The van der Waals surface area contributed by atoms with Crippen LogP contribution in [0.3, 0.4) is 0 Å². The van der Waals surface area contributed by atoms with Crippen LogP contribution in [0.15, 0.2) is 41.3 Å². The molecule has 0 saturated heterocycles. The highest BCUT2D eigenvalue weighted by Gasteiger charge is 2.23. The summed E-state index contributed by atoms with van der Waals surface area (Å²) in [6.07, 6.45) is 4.47.